The van der Waals surface area contributed by atoms with Gasteiger partial charge in [-0.15, -0.1) is 0 Å². The number of hydrogen-bond donors (Lipinski definition) is 2. The maximum atomic E-state index is 12.0. The number of benzene rings is 2. The number of aliphatic hydroxyl groups is 1. The van der Waals surface area contributed by atoms with E-state index in [4.69, 9.17) is 28.9 Å². The smallest absolute Gasteiger partial charge is 0.148 e. The van der Waals surface area contributed by atoms with Crippen molar-refractivity contribution in [2.24, 2.45) is 5.73 Å². The van der Waals surface area contributed by atoms with Crippen LogP contribution in [0.2, 0.25) is 10.0 Å². The Morgan fingerprint density at radius 3 is 2.30 bits per heavy atom. The highest BCUT2D eigenvalue weighted by molar-refractivity contribution is 6.42. The van der Waals surface area contributed by atoms with Crippen LogP contribution in [0.5, 0.6) is 0 Å². The predicted molar refractivity (Wildman–Crippen MR) is 109 cm³/mol. The largest absolute Gasteiger partial charge is 0.385 e. The number of nitrogens with zero attached hydrogens (tertiary/aromatic N) is 1. The molecule has 3 rings (SSSR count). The molecule has 2 aromatic carbocycles. The van der Waals surface area contributed by atoms with Gasteiger partial charge in [-0.05, 0) is 43.0 Å². The van der Waals surface area contributed by atoms with E-state index in [9.17, 15) is 9.90 Å². The fraction of sp³-hybridized carbons (Fsp3) is 0.381. The Morgan fingerprint density at radius 1 is 1.11 bits per heavy atom. The Labute approximate surface area is 169 Å². The molecule has 27 heavy (non-hydrogen) atoms. The molecule has 1 aliphatic rings. The van der Waals surface area contributed by atoms with Crippen molar-refractivity contribution in [1.29, 1.82) is 0 Å². The Balaban J connectivity index is 1.84. The van der Waals surface area contributed by atoms with Gasteiger partial charge in [0.25, 0.3) is 0 Å². The van der Waals surface area contributed by atoms with Gasteiger partial charge in [0.15, 0.2) is 0 Å². The minimum absolute atomic E-state index is 0.0880. The van der Waals surface area contributed by atoms with E-state index < -0.39 is 11.6 Å². The van der Waals surface area contributed by atoms with Crippen LogP contribution in [0, 0.1) is 0 Å². The van der Waals surface area contributed by atoms with E-state index in [1.807, 2.05) is 36.4 Å². The second-order valence-corrected chi connectivity index (χ2v) is 8.00. The zero-order chi connectivity index (χ0) is 19.6. The predicted octanol–water partition coefficient (Wildman–Crippen LogP) is 3.93. The summed E-state index contributed by atoms with van der Waals surface area (Å²) in [7, 11) is 0. The van der Waals surface area contributed by atoms with E-state index in [1.165, 1.54) is 6.92 Å². The van der Waals surface area contributed by atoms with Gasteiger partial charge < -0.3 is 10.8 Å². The van der Waals surface area contributed by atoms with E-state index in [0.717, 1.165) is 11.1 Å². The second kappa shape index (κ2) is 8.29. The molecule has 1 fully saturated rings. The first-order valence-electron chi connectivity index (χ1n) is 9.05. The monoisotopic (exact) mass is 406 g/mol. The Bertz CT molecular complexity index is 805. The van der Waals surface area contributed by atoms with Gasteiger partial charge in [0.1, 0.15) is 5.78 Å². The van der Waals surface area contributed by atoms with Crippen LogP contribution in [0.25, 0.3) is 0 Å². The van der Waals surface area contributed by atoms with E-state index in [0.29, 0.717) is 36.0 Å². The van der Waals surface area contributed by atoms with Gasteiger partial charge in [-0.3, -0.25) is 9.69 Å². The van der Waals surface area contributed by atoms with Gasteiger partial charge in [-0.2, -0.15) is 0 Å². The van der Waals surface area contributed by atoms with Gasteiger partial charge >= 0.3 is 0 Å². The molecule has 0 amide bonds. The van der Waals surface area contributed by atoms with Gasteiger partial charge in [0, 0.05) is 13.1 Å². The van der Waals surface area contributed by atoms with Crippen LogP contribution in [-0.4, -0.2) is 34.9 Å². The van der Waals surface area contributed by atoms with Gasteiger partial charge in [0.05, 0.1) is 27.7 Å². The number of piperidine rings is 1. The molecule has 1 aliphatic heterocycles. The molecule has 0 radical (unpaired) electrons. The van der Waals surface area contributed by atoms with Gasteiger partial charge in [-0.1, -0.05) is 59.6 Å². The molecule has 2 atom stereocenters. The number of Topliss-reactive ketones (excluding diaryl/α,β-unsaturated/α-hetero) is 1. The highest BCUT2D eigenvalue weighted by atomic mass is 35.5. The van der Waals surface area contributed by atoms with Crippen molar-refractivity contribution in [1.82, 2.24) is 4.90 Å². The summed E-state index contributed by atoms with van der Waals surface area (Å²) in [5.74, 6) is -0.0880. The highest BCUT2D eigenvalue weighted by Gasteiger charge is 2.38. The van der Waals surface area contributed by atoms with Crippen LogP contribution in [-0.2, 0) is 10.4 Å². The molecule has 0 aromatic heterocycles. The third-order valence-electron chi connectivity index (χ3n) is 5.42. The third-order valence-corrected chi connectivity index (χ3v) is 6.16. The van der Waals surface area contributed by atoms with Crippen molar-refractivity contribution < 1.29 is 9.90 Å². The molecule has 1 heterocycles. The number of carbonyl (C=O) groups is 1. The SMILES string of the molecule is CC(=O)C(N)C(c1ccc(Cl)c(Cl)c1)N1CCC(O)(c2ccccc2)CC1. The van der Waals surface area contributed by atoms with Crippen LogP contribution in [0.3, 0.4) is 0 Å². The Kier molecular flexibility index (Phi) is 6.24. The maximum Gasteiger partial charge on any atom is 0.148 e. The number of hydrogen-bond acceptors (Lipinski definition) is 4. The molecule has 3 N–H and O–H groups in total. The molecule has 2 aromatic rings. The van der Waals surface area contributed by atoms with Crippen molar-refractivity contribution in [2.45, 2.75) is 37.5 Å². The van der Waals surface area contributed by atoms with E-state index in [1.54, 1.807) is 12.1 Å². The molecule has 2 unspecified atom stereocenters. The summed E-state index contributed by atoms with van der Waals surface area (Å²) in [4.78, 5) is 14.2. The molecule has 0 spiro atoms. The molecule has 0 saturated carbocycles. The standard InChI is InChI=1S/C21H24Cl2N2O2/c1-14(26)19(24)20(15-7-8-17(22)18(23)13-15)25-11-9-21(27,10-12-25)16-5-3-2-4-6-16/h2-8,13,19-20,27H,9-12,24H2,1H3. The lowest BCUT2D eigenvalue weighted by Crippen LogP contribution is -2.50. The highest BCUT2D eigenvalue weighted by Crippen LogP contribution is 2.37. The maximum absolute atomic E-state index is 12.0. The first kappa shape index (κ1) is 20.3. The lowest BCUT2D eigenvalue weighted by atomic mass is 9.83. The summed E-state index contributed by atoms with van der Waals surface area (Å²) in [6, 6.07) is 14.1. The molecular weight excluding hydrogens is 383 g/mol. The first-order chi connectivity index (χ1) is 12.8. The molecule has 6 heteroatoms. The summed E-state index contributed by atoms with van der Waals surface area (Å²) < 4.78 is 0. The average molecular weight is 407 g/mol. The van der Waals surface area contributed by atoms with Crippen molar-refractivity contribution in [2.75, 3.05) is 13.1 Å². The van der Waals surface area contributed by atoms with Crippen molar-refractivity contribution in [3.63, 3.8) is 0 Å². The van der Waals surface area contributed by atoms with Crippen molar-refractivity contribution in [3.8, 4) is 0 Å². The van der Waals surface area contributed by atoms with Crippen LogP contribution in [0.1, 0.15) is 36.9 Å². The van der Waals surface area contributed by atoms with Crippen LogP contribution < -0.4 is 5.73 Å². The van der Waals surface area contributed by atoms with E-state index >= 15 is 0 Å². The minimum Gasteiger partial charge on any atom is -0.385 e. The second-order valence-electron chi connectivity index (χ2n) is 7.19. The number of halogens is 2. The van der Waals surface area contributed by atoms with Gasteiger partial charge in [0.2, 0.25) is 0 Å². The normalized spacial score (nSPS) is 19.4. The first-order valence-corrected chi connectivity index (χ1v) is 9.80. The van der Waals surface area contributed by atoms with Crippen LogP contribution in [0.15, 0.2) is 48.5 Å². The molecular formula is C21H24Cl2N2O2. The fourth-order valence-electron chi connectivity index (χ4n) is 3.77. The Morgan fingerprint density at radius 2 is 1.74 bits per heavy atom. The molecule has 0 bridgehead atoms. The van der Waals surface area contributed by atoms with Crippen molar-refractivity contribution in [3.05, 3.63) is 69.7 Å². The number of nitrogens with two attached hydrogens (primary N) is 1. The molecule has 144 valence electrons. The topological polar surface area (TPSA) is 66.6 Å². The lowest BCUT2D eigenvalue weighted by Gasteiger charge is -2.43. The van der Waals surface area contributed by atoms with Crippen LogP contribution >= 0.6 is 23.2 Å². The number of ketones is 1. The zero-order valence-electron chi connectivity index (χ0n) is 15.2. The van der Waals surface area contributed by atoms with Gasteiger partial charge in [-0.25, -0.2) is 0 Å². The summed E-state index contributed by atoms with van der Waals surface area (Å²) in [6.07, 6.45) is 1.14. The fourth-order valence-corrected chi connectivity index (χ4v) is 4.08. The summed E-state index contributed by atoms with van der Waals surface area (Å²) in [5.41, 5.74) is 7.18. The minimum atomic E-state index is -0.861. The average Bonchev–Trinajstić information content (AvgIpc) is 2.67. The quantitative estimate of drug-likeness (QED) is 0.788. The third kappa shape index (κ3) is 4.36. The number of likely N-dealkylation sites (tertiary alicyclic amines) is 1. The number of carbonyl (C=O) groups excluding carboxylic acids is 1. The summed E-state index contributed by atoms with van der Waals surface area (Å²) >= 11 is 12.2. The number of rotatable bonds is 5. The van der Waals surface area contributed by atoms with Crippen molar-refractivity contribution >= 4 is 29.0 Å². The van der Waals surface area contributed by atoms with Crippen LogP contribution in [0.4, 0.5) is 0 Å². The van der Waals surface area contributed by atoms with E-state index in [2.05, 4.69) is 4.90 Å². The molecule has 1 saturated heterocycles. The molecule has 4 nitrogen and oxygen atoms in total. The lowest BCUT2D eigenvalue weighted by molar-refractivity contribution is -0.120. The Hall–Kier alpha value is -1.43. The summed E-state index contributed by atoms with van der Waals surface area (Å²) in [5, 5.41) is 12.0. The van der Waals surface area contributed by atoms with E-state index in [-0.39, 0.29) is 11.8 Å². The zero-order valence-corrected chi connectivity index (χ0v) is 16.7. The molecule has 0 aliphatic carbocycles. The summed E-state index contributed by atoms with van der Waals surface area (Å²) in [6.45, 7) is 2.74.